The molecule has 0 aliphatic heterocycles. The van der Waals surface area contributed by atoms with Gasteiger partial charge in [-0.25, -0.2) is 0 Å². The molecular formula is C15H14BrClN2O. The Hall–Kier alpha value is -1.52. The highest BCUT2D eigenvalue weighted by atomic mass is 79.9. The molecule has 0 saturated heterocycles. The van der Waals surface area contributed by atoms with Crippen LogP contribution >= 0.6 is 27.5 Å². The van der Waals surface area contributed by atoms with E-state index in [4.69, 9.17) is 17.3 Å². The number of nitrogens with one attached hydrogen (secondary N) is 1. The normalized spacial score (nSPS) is 10.3. The minimum atomic E-state index is -0.111. The molecule has 0 unspecified atom stereocenters. The van der Waals surface area contributed by atoms with Gasteiger partial charge >= 0.3 is 0 Å². The molecule has 1 amide bonds. The van der Waals surface area contributed by atoms with Crippen molar-refractivity contribution in [2.45, 2.75) is 6.42 Å². The van der Waals surface area contributed by atoms with Crippen LogP contribution in [0.4, 0.5) is 5.69 Å². The van der Waals surface area contributed by atoms with E-state index in [9.17, 15) is 4.79 Å². The van der Waals surface area contributed by atoms with Crippen molar-refractivity contribution in [3.8, 4) is 0 Å². The zero-order valence-electron chi connectivity index (χ0n) is 10.7. The van der Waals surface area contributed by atoms with E-state index in [1.54, 1.807) is 18.2 Å². The molecule has 0 aliphatic rings. The maximum absolute atomic E-state index is 12.0. The number of carbonyl (C=O) groups is 1. The maximum atomic E-state index is 12.0. The number of nitrogens with two attached hydrogens (primary N) is 1. The van der Waals surface area contributed by atoms with Crippen molar-refractivity contribution in [2.75, 3.05) is 12.3 Å². The molecule has 2 aromatic rings. The van der Waals surface area contributed by atoms with Crippen LogP contribution in [0.15, 0.2) is 46.9 Å². The van der Waals surface area contributed by atoms with Gasteiger partial charge in [0.05, 0.1) is 0 Å². The fraction of sp³-hybridized carbons (Fsp3) is 0.133. The summed E-state index contributed by atoms with van der Waals surface area (Å²) in [6.45, 7) is 0.572. The largest absolute Gasteiger partial charge is 0.398 e. The third kappa shape index (κ3) is 3.99. The van der Waals surface area contributed by atoms with Gasteiger partial charge in [-0.15, -0.1) is 0 Å². The number of amides is 1. The molecule has 0 spiro atoms. The summed E-state index contributed by atoms with van der Waals surface area (Å²) < 4.78 is 0.725. The monoisotopic (exact) mass is 352 g/mol. The summed E-state index contributed by atoms with van der Waals surface area (Å²) in [5.41, 5.74) is 8.02. The van der Waals surface area contributed by atoms with Gasteiger partial charge in [0.15, 0.2) is 0 Å². The summed E-state index contributed by atoms with van der Waals surface area (Å²) in [7, 11) is 0. The predicted octanol–water partition coefficient (Wildman–Crippen LogP) is 3.66. The van der Waals surface area contributed by atoms with Crippen molar-refractivity contribution in [3.05, 3.63) is 63.1 Å². The first kappa shape index (κ1) is 14.9. The Balaban J connectivity index is 1.88. The Kier molecular flexibility index (Phi) is 5.04. The Bertz CT molecular complexity index is 614. The van der Waals surface area contributed by atoms with Gasteiger partial charge in [-0.2, -0.15) is 0 Å². The lowest BCUT2D eigenvalue weighted by molar-refractivity contribution is 0.0954. The fourth-order valence-electron chi connectivity index (χ4n) is 1.74. The second kappa shape index (κ2) is 6.77. The number of carbonyl (C=O) groups excluding carboxylic acids is 1. The van der Waals surface area contributed by atoms with Gasteiger partial charge < -0.3 is 11.1 Å². The van der Waals surface area contributed by atoms with Crippen LogP contribution in [0.1, 0.15) is 15.9 Å². The van der Waals surface area contributed by atoms with Gasteiger partial charge in [-0.3, -0.25) is 4.79 Å². The average Bonchev–Trinajstić information content (AvgIpc) is 2.44. The van der Waals surface area contributed by atoms with Crippen molar-refractivity contribution in [1.82, 2.24) is 5.32 Å². The topological polar surface area (TPSA) is 55.1 Å². The van der Waals surface area contributed by atoms with Crippen molar-refractivity contribution in [2.24, 2.45) is 0 Å². The number of rotatable bonds is 4. The van der Waals surface area contributed by atoms with Crippen molar-refractivity contribution in [3.63, 3.8) is 0 Å². The maximum Gasteiger partial charge on any atom is 0.251 e. The third-order valence-electron chi connectivity index (χ3n) is 2.88. The fourth-order valence-corrected chi connectivity index (χ4v) is 2.25. The highest BCUT2D eigenvalue weighted by Crippen LogP contribution is 2.20. The Morgan fingerprint density at radius 2 is 1.90 bits per heavy atom. The summed E-state index contributed by atoms with van der Waals surface area (Å²) in [5, 5.41) is 3.59. The first-order valence-electron chi connectivity index (χ1n) is 6.14. The minimum absolute atomic E-state index is 0.111. The van der Waals surface area contributed by atoms with Gasteiger partial charge in [0.25, 0.3) is 5.91 Å². The van der Waals surface area contributed by atoms with Crippen LogP contribution in [0.5, 0.6) is 0 Å². The molecule has 0 atom stereocenters. The highest BCUT2D eigenvalue weighted by molar-refractivity contribution is 9.10. The third-order valence-corrected chi connectivity index (χ3v) is 3.81. The zero-order chi connectivity index (χ0) is 14.5. The molecule has 104 valence electrons. The van der Waals surface area contributed by atoms with E-state index in [2.05, 4.69) is 21.2 Å². The smallest absolute Gasteiger partial charge is 0.251 e. The van der Waals surface area contributed by atoms with Crippen LogP contribution in [0.3, 0.4) is 0 Å². The number of nitrogen functional groups attached to an aromatic ring is 1. The summed E-state index contributed by atoms with van der Waals surface area (Å²) in [6, 6.07) is 12.7. The summed E-state index contributed by atoms with van der Waals surface area (Å²) >= 11 is 9.13. The van der Waals surface area contributed by atoms with Gasteiger partial charge in [-0.1, -0.05) is 23.7 Å². The molecule has 0 aliphatic carbocycles. The van der Waals surface area contributed by atoms with Crippen molar-refractivity contribution >= 4 is 39.1 Å². The van der Waals surface area contributed by atoms with Crippen LogP contribution in [0, 0.1) is 0 Å². The van der Waals surface area contributed by atoms with E-state index in [1.807, 2.05) is 24.3 Å². The highest BCUT2D eigenvalue weighted by Gasteiger charge is 2.06. The first-order chi connectivity index (χ1) is 9.56. The van der Waals surface area contributed by atoms with E-state index < -0.39 is 0 Å². The Labute approximate surface area is 131 Å². The zero-order valence-corrected chi connectivity index (χ0v) is 13.0. The van der Waals surface area contributed by atoms with E-state index in [0.29, 0.717) is 22.8 Å². The molecule has 2 aromatic carbocycles. The molecule has 3 nitrogen and oxygen atoms in total. The quantitative estimate of drug-likeness (QED) is 0.824. The standard InChI is InChI=1S/C15H14BrClN2O/c16-13-9-11(3-6-14(13)18)15(20)19-8-7-10-1-4-12(17)5-2-10/h1-6,9H,7-8,18H2,(H,19,20). The number of hydrogen-bond acceptors (Lipinski definition) is 2. The van der Waals surface area contributed by atoms with Crippen LogP contribution in [0.25, 0.3) is 0 Å². The molecule has 0 fully saturated rings. The summed E-state index contributed by atoms with van der Waals surface area (Å²) in [5.74, 6) is -0.111. The predicted molar refractivity (Wildman–Crippen MR) is 86.0 cm³/mol. The van der Waals surface area contributed by atoms with Crippen LogP contribution in [0.2, 0.25) is 5.02 Å². The van der Waals surface area contributed by atoms with Gasteiger partial charge in [0.2, 0.25) is 0 Å². The molecule has 0 saturated carbocycles. The Morgan fingerprint density at radius 3 is 2.55 bits per heavy atom. The lowest BCUT2D eigenvalue weighted by Crippen LogP contribution is -2.25. The second-order valence-corrected chi connectivity index (χ2v) is 5.66. The SMILES string of the molecule is Nc1ccc(C(=O)NCCc2ccc(Cl)cc2)cc1Br. The van der Waals surface area contributed by atoms with Crippen LogP contribution in [-0.2, 0) is 6.42 Å². The number of hydrogen-bond donors (Lipinski definition) is 2. The van der Waals surface area contributed by atoms with E-state index in [1.165, 1.54) is 0 Å². The molecule has 0 heterocycles. The van der Waals surface area contributed by atoms with Gasteiger partial charge in [0.1, 0.15) is 0 Å². The number of benzene rings is 2. The van der Waals surface area contributed by atoms with Crippen molar-refractivity contribution in [1.29, 1.82) is 0 Å². The van der Waals surface area contributed by atoms with Crippen LogP contribution < -0.4 is 11.1 Å². The average molecular weight is 354 g/mol. The molecule has 20 heavy (non-hydrogen) atoms. The summed E-state index contributed by atoms with van der Waals surface area (Å²) in [6.07, 6.45) is 0.763. The molecule has 3 N–H and O–H groups in total. The molecule has 5 heteroatoms. The second-order valence-electron chi connectivity index (χ2n) is 4.37. The lowest BCUT2D eigenvalue weighted by Gasteiger charge is -2.07. The van der Waals surface area contributed by atoms with Gasteiger partial charge in [-0.05, 0) is 58.2 Å². The van der Waals surface area contributed by atoms with E-state index in [0.717, 1.165) is 16.5 Å². The molecular weight excluding hydrogens is 340 g/mol. The minimum Gasteiger partial charge on any atom is -0.398 e. The molecule has 2 rings (SSSR count). The molecule has 0 bridgehead atoms. The molecule has 0 aromatic heterocycles. The van der Waals surface area contributed by atoms with Crippen molar-refractivity contribution < 1.29 is 4.79 Å². The number of anilines is 1. The number of halogens is 2. The van der Waals surface area contributed by atoms with Crippen LogP contribution in [-0.4, -0.2) is 12.5 Å². The van der Waals surface area contributed by atoms with E-state index >= 15 is 0 Å². The van der Waals surface area contributed by atoms with E-state index in [-0.39, 0.29) is 5.91 Å². The Morgan fingerprint density at radius 1 is 1.20 bits per heavy atom. The summed E-state index contributed by atoms with van der Waals surface area (Å²) in [4.78, 5) is 12.0. The van der Waals surface area contributed by atoms with Gasteiger partial charge in [0, 0.05) is 27.3 Å². The first-order valence-corrected chi connectivity index (χ1v) is 7.31. The lowest BCUT2D eigenvalue weighted by atomic mass is 10.1. The molecule has 0 radical (unpaired) electrons.